The number of hydrogen-bond acceptors (Lipinski definition) is 2. The monoisotopic (exact) mass is 464 g/mol. The Morgan fingerprint density at radius 2 is 1.61 bits per heavy atom. The number of halogens is 1. The Morgan fingerprint density at radius 1 is 1.00 bits per heavy atom. The van der Waals surface area contributed by atoms with E-state index in [4.69, 9.17) is 11.6 Å². The Bertz CT molecular complexity index is 861. The number of hydrogen-bond donors (Lipinski definition) is 0. The van der Waals surface area contributed by atoms with E-state index in [-0.39, 0.29) is 0 Å². The third kappa shape index (κ3) is 10.2. The summed E-state index contributed by atoms with van der Waals surface area (Å²) in [7, 11) is -3.45. The molecule has 1 aromatic carbocycles. The highest BCUT2D eigenvalue weighted by molar-refractivity contribution is 7.92. The Hall–Kier alpha value is -1.32. The standard InChI is InChI=1S/C27H41ClO2S/c1-7-21(2)10-8-11-23(4)18-27(19-24(5)12-9-13-25(6)20-28)31(29,30)26-16-14-22(3)15-17-26/h11,13-17,19,21,27H,7-10,12,18,20H2,1-6H3/b23-11-,24-19?,25-13?. The maximum Gasteiger partial charge on any atom is 0.185 e. The maximum absolute atomic E-state index is 13.5. The first-order valence-electron chi connectivity index (χ1n) is 11.4. The summed E-state index contributed by atoms with van der Waals surface area (Å²) < 4.78 is 26.9. The zero-order chi connectivity index (χ0) is 23.4. The summed E-state index contributed by atoms with van der Waals surface area (Å²) in [5, 5.41) is -0.548. The van der Waals surface area contributed by atoms with Crippen LogP contribution in [-0.2, 0) is 9.84 Å². The molecule has 0 spiro atoms. The number of aryl methyl sites for hydroxylation is 1. The maximum atomic E-state index is 13.5. The molecule has 2 atom stereocenters. The van der Waals surface area contributed by atoms with Crippen LogP contribution in [0.2, 0.25) is 0 Å². The van der Waals surface area contributed by atoms with Crippen LogP contribution in [0, 0.1) is 12.8 Å². The molecule has 0 aromatic heterocycles. The smallest absolute Gasteiger partial charge is 0.185 e. The number of alkyl halides is 1. The van der Waals surface area contributed by atoms with Gasteiger partial charge in [-0.25, -0.2) is 8.42 Å². The second-order valence-electron chi connectivity index (χ2n) is 8.98. The molecule has 2 nitrogen and oxygen atoms in total. The molecular weight excluding hydrogens is 424 g/mol. The Kier molecular flexibility index (Phi) is 12.5. The predicted octanol–water partition coefficient (Wildman–Crippen LogP) is 8.21. The van der Waals surface area contributed by atoms with Crippen molar-refractivity contribution >= 4 is 21.4 Å². The minimum Gasteiger partial charge on any atom is -0.223 e. The molecule has 0 N–H and O–H groups in total. The van der Waals surface area contributed by atoms with E-state index in [9.17, 15) is 8.42 Å². The fourth-order valence-corrected chi connectivity index (χ4v) is 5.25. The highest BCUT2D eigenvalue weighted by Gasteiger charge is 2.26. The van der Waals surface area contributed by atoms with E-state index in [1.165, 1.54) is 6.42 Å². The van der Waals surface area contributed by atoms with E-state index >= 15 is 0 Å². The number of sulfone groups is 1. The second-order valence-corrected chi connectivity index (χ2v) is 11.4. The summed E-state index contributed by atoms with van der Waals surface area (Å²) in [5.74, 6) is 1.23. The van der Waals surface area contributed by atoms with Gasteiger partial charge in [0.2, 0.25) is 0 Å². The lowest BCUT2D eigenvalue weighted by Gasteiger charge is -2.17. The fraction of sp³-hybridized carbons (Fsp3) is 0.556. The lowest BCUT2D eigenvalue weighted by atomic mass is 10.0. The van der Waals surface area contributed by atoms with Crippen LogP contribution in [0.15, 0.2) is 64.1 Å². The molecule has 0 fully saturated rings. The van der Waals surface area contributed by atoms with Gasteiger partial charge in [-0.1, -0.05) is 72.9 Å². The zero-order valence-electron chi connectivity index (χ0n) is 20.2. The SMILES string of the molecule is CCC(C)CC/C=C(/C)CC(C=C(C)CCC=C(C)CCl)S(=O)(=O)c1ccc(C)cc1. The lowest BCUT2D eigenvalue weighted by molar-refractivity contribution is 0.520. The molecular formula is C27H41ClO2S. The fourth-order valence-electron chi connectivity index (χ4n) is 3.38. The molecule has 0 amide bonds. The first-order valence-corrected chi connectivity index (χ1v) is 13.5. The first-order chi connectivity index (χ1) is 14.6. The number of allylic oxidation sites excluding steroid dienone is 5. The summed E-state index contributed by atoms with van der Waals surface area (Å²) in [6.45, 7) is 12.6. The summed E-state index contributed by atoms with van der Waals surface area (Å²) in [4.78, 5) is 0.400. The Labute approximate surface area is 196 Å². The highest BCUT2D eigenvalue weighted by atomic mass is 35.5. The number of benzene rings is 1. The summed E-state index contributed by atoms with van der Waals surface area (Å²) in [6.07, 6.45) is 11.9. The first kappa shape index (κ1) is 27.7. The lowest BCUT2D eigenvalue weighted by Crippen LogP contribution is -2.20. The van der Waals surface area contributed by atoms with Gasteiger partial charge in [-0.15, -0.1) is 11.6 Å². The van der Waals surface area contributed by atoms with Crippen molar-refractivity contribution in [2.24, 2.45) is 5.92 Å². The third-order valence-electron chi connectivity index (χ3n) is 5.83. The van der Waals surface area contributed by atoms with Crippen LogP contribution in [-0.4, -0.2) is 19.5 Å². The van der Waals surface area contributed by atoms with Gasteiger partial charge in [0, 0.05) is 5.88 Å². The molecule has 0 aliphatic carbocycles. The molecule has 31 heavy (non-hydrogen) atoms. The van der Waals surface area contributed by atoms with Gasteiger partial charge in [0.05, 0.1) is 10.1 Å². The molecule has 0 bridgehead atoms. The van der Waals surface area contributed by atoms with Gasteiger partial charge < -0.3 is 0 Å². The normalized spacial score (nSPS) is 15.8. The minimum absolute atomic E-state index is 0.400. The van der Waals surface area contributed by atoms with E-state index in [0.717, 1.165) is 48.0 Å². The Morgan fingerprint density at radius 3 is 2.19 bits per heavy atom. The van der Waals surface area contributed by atoms with E-state index in [1.54, 1.807) is 12.1 Å². The van der Waals surface area contributed by atoms with Gasteiger partial charge in [0.15, 0.2) is 9.84 Å². The quantitative estimate of drug-likeness (QED) is 0.217. The molecule has 4 heteroatoms. The summed E-state index contributed by atoms with van der Waals surface area (Å²) in [6, 6.07) is 7.20. The molecule has 0 saturated carbocycles. The second kappa shape index (κ2) is 14.0. The molecule has 1 rings (SSSR count). The third-order valence-corrected chi connectivity index (χ3v) is 8.28. The average molecular weight is 465 g/mol. The topological polar surface area (TPSA) is 34.1 Å². The Balaban J connectivity index is 3.10. The van der Waals surface area contributed by atoms with Gasteiger partial charge in [-0.3, -0.25) is 0 Å². The van der Waals surface area contributed by atoms with Crippen molar-refractivity contribution in [1.82, 2.24) is 0 Å². The van der Waals surface area contributed by atoms with E-state index in [0.29, 0.717) is 23.1 Å². The van der Waals surface area contributed by atoms with Crippen molar-refractivity contribution in [2.75, 3.05) is 5.88 Å². The predicted molar refractivity (Wildman–Crippen MR) is 137 cm³/mol. The molecule has 174 valence electrons. The van der Waals surface area contributed by atoms with Crippen molar-refractivity contribution in [3.8, 4) is 0 Å². The molecule has 2 unspecified atom stereocenters. The van der Waals surface area contributed by atoms with Crippen LogP contribution >= 0.6 is 11.6 Å². The molecule has 0 saturated heterocycles. The van der Waals surface area contributed by atoms with Crippen LogP contribution in [0.4, 0.5) is 0 Å². The molecule has 0 aliphatic heterocycles. The van der Waals surface area contributed by atoms with E-state index in [1.807, 2.05) is 39.0 Å². The molecule has 0 aliphatic rings. The minimum atomic E-state index is -3.45. The molecule has 0 radical (unpaired) electrons. The van der Waals surface area contributed by atoms with Crippen molar-refractivity contribution in [2.45, 2.75) is 90.2 Å². The highest BCUT2D eigenvalue weighted by Crippen LogP contribution is 2.25. The summed E-state index contributed by atoms with van der Waals surface area (Å²) in [5.41, 5.74) is 4.46. The van der Waals surface area contributed by atoms with Gasteiger partial charge in [-0.05, 0) is 77.8 Å². The van der Waals surface area contributed by atoms with Crippen molar-refractivity contribution in [1.29, 1.82) is 0 Å². The van der Waals surface area contributed by atoms with Gasteiger partial charge >= 0.3 is 0 Å². The number of rotatable bonds is 13. The van der Waals surface area contributed by atoms with E-state index in [2.05, 4.69) is 32.9 Å². The van der Waals surface area contributed by atoms with Crippen LogP contribution in [0.1, 0.15) is 78.7 Å². The van der Waals surface area contributed by atoms with Gasteiger partial charge in [0.1, 0.15) is 0 Å². The van der Waals surface area contributed by atoms with Crippen LogP contribution in [0.3, 0.4) is 0 Å². The summed E-state index contributed by atoms with van der Waals surface area (Å²) >= 11 is 5.85. The average Bonchev–Trinajstić information content (AvgIpc) is 2.73. The molecule has 1 aromatic rings. The van der Waals surface area contributed by atoms with Crippen molar-refractivity contribution in [3.05, 3.63) is 64.8 Å². The molecule has 0 heterocycles. The van der Waals surface area contributed by atoms with Gasteiger partial charge in [0.25, 0.3) is 0 Å². The van der Waals surface area contributed by atoms with Crippen molar-refractivity contribution < 1.29 is 8.42 Å². The zero-order valence-corrected chi connectivity index (χ0v) is 21.8. The van der Waals surface area contributed by atoms with Crippen LogP contribution in [0.5, 0.6) is 0 Å². The van der Waals surface area contributed by atoms with Crippen molar-refractivity contribution in [3.63, 3.8) is 0 Å². The largest absolute Gasteiger partial charge is 0.223 e. The van der Waals surface area contributed by atoms with E-state index < -0.39 is 15.1 Å². The van der Waals surface area contributed by atoms with Gasteiger partial charge in [-0.2, -0.15) is 0 Å². The van der Waals surface area contributed by atoms with Crippen LogP contribution in [0.25, 0.3) is 0 Å². The van der Waals surface area contributed by atoms with Crippen LogP contribution < -0.4 is 0 Å².